The Morgan fingerprint density at radius 2 is 2.00 bits per heavy atom. The molecule has 4 aromatic rings. The van der Waals surface area contributed by atoms with Gasteiger partial charge in [-0.25, -0.2) is 14.5 Å². The smallest absolute Gasteiger partial charge is 0.345 e. The van der Waals surface area contributed by atoms with E-state index in [0.29, 0.717) is 17.1 Å². The van der Waals surface area contributed by atoms with Crippen molar-refractivity contribution in [3.8, 4) is 11.5 Å². The Labute approximate surface area is 160 Å². The van der Waals surface area contributed by atoms with Crippen LogP contribution in [0.15, 0.2) is 78.4 Å². The van der Waals surface area contributed by atoms with Crippen LogP contribution in [0.4, 0.5) is 0 Å². The molecule has 0 spiro atoms. The number of benzene rings is 2. The first kappa shape index (κ1) is 17.4. The highest BCUT2D eigenvalue weighted by Crippen LogP contribution is 2.28. The Bertz CT molecular complexity index is 1150. The Morgan fingerprint density at radius 1 is 1.11 bits per heavy atom. The normalized spacial score (nSPS) is 11.0. The fourth-order valence-corrected chi connectivity index (χ4v) is 2.66. The summed E-state index contributed by atoms with van der Waals surface area (Å²) >= 11 is 0. The number of nitrogens with zero attached hydrogens (tertiary/aromatic N) is 4. The molecule has 0 atom stereocenters. The van der Waals surface area contributed by atoms with Gasteiger partial charge in [0.1, 0.15) is 6.33 Å². The van der Waals surface area contributed by atoms with Crippen LogP contribution in [0.2, 0.25) is 0 Å². The Morgan fingerprint density at radius 3 is 2.82 bits per heavy atom. The number of carbonyl (C=O) groups excluding carboxylic acids is 1. The monoisotopic (exact) mass is 372 g/mol. The molecule has 0 unspecified atom stereocenters. The average Bonchev–Trinajstić information content (AvgIpc) is 3.16. The molecule has 7 heteroatoms. The number of imidazole rings is 1. The number of esters is 1. The molecule has 28 heavy (non-hydrogen) atoms. The predicted octanol–water partition coefficient (Wildman–Crippen LogP) is 3.54. The van der Waals surface area contributed by atoms with Crippen molar-refractivity contribution in [2.45, 2.75) is 0 Å². The van der Waals surface area contributed by atoms with Gasteiger partial charge in [0, 0.05) is 12.4 Å². The lowest BCUT2D eigenvalue weighted by molar-refractivity contribution is 0.0729. The minimum atomic E-state index is -0.502. The lowest BCUT2D eigenvalue weighted by atomic mass is 10.2. The van der Waals surface area contributed by atoms with Crippen LogP contribution in [0.25, 0.3) is 11.0 Å². The van der Waals surface area contributed by atoms with Crippen LogP contribution >= 0.6 is 0 Å². The van der Waals surface area contributed by atoms with Crippen molar-refractivity contribution in [2.24, 2.45) is 5.10 Å². The van der Waals surface area contributed by atoms with E-state index >= 15 is 0 Å². The van der Waals surface area contributed by atoms with E-state index in [2.05, 4.69) is 15.1 Å². The molecule has 0 N–H and O–H groups in total. The molecule has 0 saturated heterocycles. The zero-order valence-corrected chi connectivity index (χ0v) is 15.0. The number of hydrogen-bond acceptors (Lipinski definition) is 6. The van der Waals surface area contributed by atoms with Crippen LogP contribution in [-0.4, -0.2) is 33.9 Å². The number of hydrogen-bond donors (Lipinski definition) is 0. The number of carbonyl (C=O) groups is 1. The molecular weight excluding hydrogens is 356 g/mol. The van der Waals surface area contributed by atoms with Crippen LogP contribution in [0.3, 0.4) is 0 Å². The van der Waals surface area contributed by atoms with Gasteiger partial charge in [-0.15, -0.1) is 0 Å². The summed E-state index contributed by atoms with van der Waals surface area (Å²) < 4.78 is 12.5. The zero-order chi connectivity index (χ0) is 19.3. The van der Waals surface area contributed by atoms with Crippen LogP contribution in [-0.2, 0) is 0 Å². The summed E-state index contributed by atoms with van der Waals surface area (Å²) in [6, 6.07) is 16.2. The van der Waals surface area contributed by atoms with Crippen molar-refractivity contribution >= 4 is 23.2 Å². The largest absolute Gasteiger partial charge is 0.493 e. The number of pyridine rings is 1. The van der Waals surface area contributed by atoms with Gasteiger partial charge >= 0.3 is 5.97 Å². The fourth-order valence-electron chi connectivity index (χ4n) is 2.66. The maximum Gasteiger partial charge on any atom is 0.345 e. The Balaban J connectivity index is 1.56. The summed E-state index contributed by atoms with van der Waals surface area (Å²) in [5.74, 6) is 0.246. The van der Waals surface area contributed by atoms with Crippen molar-refractivity contribution in [1.29, 1.82) is 0 Å². The number of fused-ring (bicyclic) bond motifs is 1. The van der Waals surface area contributed by atoms with Crippen molar-refractivity contribution in [3.05, 3.63) is 84.4 Å². The highest BCUT2D eigenvalue weighted by Gasteiger charge is 2.12. The van der Waals surface area contributed by atoms with Crippen LogP contribution in [0, 0.1) is 0 Å². The minimum absolute atomic E-state index is 0.321. The third kappa shape index (κ3) is 3.59. The van der Waals surface area contributed by atoms with Gasteiger partial charge in [0.05, 0.1) is 29.9 Å². The van der Waals surface area contributed by atoms with E-state index in [1.165, 1.54) is 13.3 Å². The van der Waals surface area contributed by atoms with E-state index in [1.807, 2.05) is 24.3 Å². The SMILES string of the molecule is COc1cc(/C=N\n2cnc3ccccc32)ccc1OC(=O)c1cccnc1. The summed E-state index contributed by atoms with van der Waals surface area (Å²) in [6.45, 7) is 0. The van der Waals surface area contributed by atoms with E-state index in [0.717, 1.165) is 16.6 Å². The lowest BCUT2D eigenvalue weighted by Crippen LogP contribution is -2.09. The maximum absolute atomic E-state index is 12.2. The number of rotatable bonds is 5. The van der Waals surface area contributed by atoms with Gasteiger partial charge in [0.25, 0.3) is 0 Å². The van der Waals surface area contributed by atoms with Gasteiger partial charge in [-0.3, -0.25) is 4.98 Å². The number of ether oxygens (including phenoxy) is 2. The molecule has 2 aromatic carbocycles. The molecule has 138 valence electrons. The van der Waals surface area contributed by atoms with E-state index in [4.69, 9.17) is 9.47 Å². The van der Waals surface area contributed by atoms with Gasteiger partial charge in [-0.1, -0.05) is 12.1 Å². The first-order chi connectivity index (χ1) is 13.7. The number of para-hydroxylation sites is 2. The molecule has 2 aromatic heterocycles. The molecule has 4 rings (SSSR count). The van der Waals surface area contributed by atoms with Crippen LogP contribution < -0.4 is 9.47 Å². The summed E-state index contributed by atoms with van der Waals surface area (Å²) in [5, 5.41) is 4.44. The van der Waals surface area contributed by atoms with Gasteiger partial charge < -0.3 is 9.47 Å². The summed E-state index contributed by atoms with van der Waals surface area (Å²) in [4.78, 5) is 20.4. The molecule has 0 aliphatic heterocycles. The van der Waals surface area contributed by atoms with E-state index < -0.39 is 5.97 Å². The highest BCUT2D eigenvalue weighted by molar-refractivity contribution is 5.91. The second-order valence-corrected chi connectivity index (χ2v) is 5.86. The van der Waals surface area contributed by atoms with Crippen molar-refractivity contribution in [1.82, 2.24) is 14.6 Å². The quantitative estimate of drug-likeness (QED) is 0.304. The standard InChI is InChI=1S/C21H16N4O3/c1-27-20-11-15(12-24-25-14-23-17-6-2-3-7-18(17)25)8-9-19(20)28-21(26)16-5-4-10-22-13-16/h2-14H,1H3/b24-12-. The van der Waals surface area contributed by atoms with E-state index in [9.17, 15) is 4.79 Å². The van der Waals surface area contributed by atoms with Crippen molar-refractivity contribution < 1.29 is 14.3 Å². The first-order valence-electron chi connectivity index (χ1n) is 8.51. The third-order valence-electron chi connectivity index (χ3n) is 4.05. The van der Waals surface area contributed by atoms with Crippen molar-refractivity contribution in [3.63, 3.8) is 0 Å². The number of methoxy groups -OCH3 is 1. The predicted molar refractivity (Wildman–Crippen MR) is 105 cm³/mol. The molecular formula is C21H16N4O3. The topological polar surface area (TPSA) is 78.6 Å². The molecule has 0 aliphatic carbocycles. The summed E-state index contributed by atoms with van der Waals surface area (Å²) in [6.07, 6.45) is 6.38. The highest BCUT2D eigenvalue weighted by atomic mass is 16.6. The van der Waals surface area contributed by atoms with Gasteiger partial charge in [-0.05, 0) is 48.0 Å². The van der Waals surface area contributed by atoms with Crippen LogP contribution in [0.5, 0.6) is 11.5 Å². The molecule has 0 bridgehead atoms. The van der Waals surface area contributed by atoms with Gasteiger partial charge in [0.15, 0.2) is 11.5 Å². The maximum atomic E-state index is 12.2. The lowest BCUT2D eigenvalue weighted by Gasteiger charge is -2.09. The fraction of sp³-hybridized carbons (Fsp3) is 0.0476. The summed E-state index contributed by atoms with van der Waals surface area (Å²) in [5.41, 5.74) is 2.93. The molecule has 2 heterocycles. The molecule has 7 nitrogen and oxygen atoms in total. The first-order valence-corrected chi connectivity index (χ1v) is 8.51. The molecule has 0 amide bonds. The molecule has 0 saturated carbocycles. The molecule has 0 radical (unpaired) electrons. The number of aromatic nitrogens is 3. The van der Waals surface area contributed by atoms with Gasteiger partial charge in [0.2, 0.25) is 0 Å². The second kappa shape index (κ2) is 7.71. The van der Waals surface area contributed by atoms with E-state index in [-0.39, 0.29) is 0 Å². The minimum Gasteiger partial charge on any atom is -0.493 e. The van der Waals surface area contributed by atoms with Crippen molar-refractivity contribution in [2.75, 3.05) is 7.11 Å². The van der Waals surface area contributed by atoms with E-state index in [1.54, 1.807) is 53.7 Å². The van der Waals surface area contributed by atoms with Gasteiger partial charge in [-0.2, -0.15) is 5.10 Å². The Kier molecular flexibility index (Phi) is 4.79. The molecule has 0 aliphatic rings. The summed E-state index contributed by atoms with van der Waals surface area (Å²) in [7, 11) is 1.51. The second-order valence-electron chi connectivity index (χ2n) is 5.86. The Hall–Kier alpha value is -4.00. The average molecular weight is 372 g/mol. The molecule has 0 fully saturated rings. The van der Waals surface area contributed by atoms with Crippen LogP contribution in [0.1, 0.15) is 15.9 Å². The third-order valence-corrected chi connectivity index (χ3v) is 4.05. The zero-order valence-electron chi connectivity index (χ0n) is 15.0.